The molecule has 0 radical (unpaired) electrons. The number of aromatic nitrogens is 2. The molecule has 0 saturated heterocycles. The fourth-order valence-electron chi connectivity index (χ4n) is 1.42. The van der Waals surface area contributed by atoms with E-state index in [1.54, 1.807) is 6.92 Å². The third-order valence-corrected chi connectivity index (χ3v) is 3.29. The fraction of sp³-hybridized carbons (Fsp3) is 0.167. The highest BCUT2D eigenvalue weighted by molar-refractivity contribution is 9.10. The van der Waals surface area contributed by atoms with Crippen molar-refractivity contribution >= 4 is 15.9 Å². The summed E-state index contributed by atoms with van der Waals surface area (Å²) in [6.45, 7) is 3.82. The van der Waals surface area contributed by atoms with E-state index in [9.17, 15) is 4.79 Å². The number of nitrogens with zero attached hydrogens (tertiary/aromatic N) is 1. The Bertz CT molecular complexity index is 573. The van der Waals surface area contributed by atoms with Gasteiger partial charge in [0.25, 0.3) is 5.56 Å². The van der Waals surface area contributed by atoms with Gasteiger partial charge in [0, 0.05) is 5.56 Å². The zero-order chi connectivity index (χ0) is 11.7. The molecule has 0 aliphatic carbocycles. The zero-order valence-electron chi connectivity index (χ0n) is 9.04. The molecular formula is C12H11BrN2O. The van der Waals surface area contributed by atoms with Crippen molar-refractivity contribution in [3.63, 3.8) is 0 Å². The molecule has 0 bridgehead atoms. The maximum absolute atomic E-state index is 11.6. The predicted octanol–water partition coefficient (Wildman–Crippen LogP) is 2.82. The Labute approximate surface area is 102 Å². The Morgan fingerprint density at radius 2 is 1.81 bits per heavy atom. The summed E-state index contributed by atoms with van der Waals surface area (Å²) in [5.41, 5.74) is 2.64. The first-order valence-corrected chi connectivity index (χ1v) is 5.70. The maximum atomic E-state index is 11.6. The van der Waals surface area contributed by atoms with Gasteiger partial charge in [0.05, 0.1) is 5.69 Å². The highest BCUT2D eigenvalue weighted by Crippen LogP contribution is 2.16. The number of hydrogen-bond donors (Lipinski definition) is 1. The van der Waals surface area contributed by atoms with E-state index in [4.69, 9.17) is 0 Å². The minimum absolute atomic E-state index is 0.150. The Kier molecular flexibility index (Phi) is 2.92. The molecule has 2 rings (SSSR count). The van der Waals surface area contributed by atoms with Gasteiger partial charge >= 0.3 is 0 Å². The van der Waals surface area contributed by atoms with E-state index in [0.717, 1.165) is 5.56 Å². The number of aromatic amines is 1. The number of hydrogen-bond acceptors (Lipinski definition) is 2. The van der Waals surface area contributed by atoms with Crippen LogP contribution >= 0.6 is 15.9 Å². The second-order valence-electron chi connectivity index (χ2n) is 3.68. The van der Waals surface area contributed by atoms with Crippen LogP contribution in [0.1, 0.15) is 11.3 Å². The lowest BCUT2D eigenvalue weighted by Gasteiger charge is -2.03. The van der Waals surface area contributed by atoms with Gasteiger partial charge in [0.15, 0.2) is 0 Å². The molecule has 3 nitrogen and oxygen atoms in total. The molecule has 4 heteroatoms. The van der Waals surface area contributed by atoms with Crippen molar-refractivity contribution in [1.29, 1.82) is 0 Å². The second-order valence-corrected chi connectivity index (χ2v) is 4.47. The molecule has 1 N–H and O–H groups in total. The quantitative estimate of drug-likeness (QED) is 0.872. The van der Waals surface area contributed by atoms with Crippen molar-refractivity contribution in [2.45, 2.75) is 13.8 Å². The second kappa shape index (κ2) is 4.22. The lowest BCUT2D eigenvalue weighted by Crippen LogP contribution is -2.11. The van der Waals surface area contributed by atoms with Crippen molar-refractivity contribution in [1.82, 2.24) is 9.97 Å². The summed E-state index contributed by atoms with van der Waals surface area (Å²) in [5.74, 6) is 0.603. The molecule has 1 aromatic carbocycles. The minimum Gasteiger partial charge on any atom is -0.306 e. The molecule has 0 amide bonds. The van der Waals surface area contributed by atoms with E-state index < -0.39 is 0 Å². The average Bonchev–Trinajstić information content (AvgIpc) is 2.26. The van der Waals surface area contributed by atoms with Crippen molar-refractivity contribution < 1.29 is 0 Å². The highest BCUT2D eigenvalue weighted by Gasteiger charge is 2.06. The van der Waals surface area contributed by atoms with E-state index in [-0.39, 0.29) is 5.56 Å². The van der Waals surface area contributed by atoms with Gasteiger partial charge in [0.1, 0.15) is 10.3 Å². The van der Waals surface area contributed by atoms with E-state index in [1.165, 1.54) is 5.56 Å². The molecule has 0 fully saturated rings. The van der Waals surface area contributed by atoms with Crippen LogP contribution in [-0.2, 0) is 0 Å². The normalized spacial score (nSPS) is 10.4. The fourth-order valence-corrected chi connectivity index (χ4v) is 1.61. The summed E-state index contributed by atoms with van der Waals surface area (Å²) in [4.78, 5) is 18.6. The van der Waals surface area contributed by atoms with Crippen LogP contribution in [0.2, 0.25) is 0 Å². The summed E-state index contributed by atoms with van der Waals surface area (Å²) in [6, 6.07) is 7.88. The van der Waals surface area contributed by atoms with Crippen LogP contribution in [0.5, 0.6) is 0 Å². The molecule has 1 aromatic heterocycles. The third-order valence-electron chi connectivity index (χ3n) is 2.35. The molecular weight excluding hydrogens is 268 g/mol. The van der Waals surface area contributed by atoms with Gasteiger partial charge in [-0.25, -0.2) is 4.98 Å². The molecule has 1 heterocycles. The standard InChI is InChI=1S/C12H11BrN2O/c1-7-3-5-9(6-4-7)11-14-8(2)10(13)12(16)15-11/h3-6H,1-2H3,(H,14,15,16). The first kappa shape index (κ1) is 11.1. The maximum Gasteiger partial charge on any atom is 0.265 e. The van der Waals surface area contributed by atoms with Crippen molar-refractivity contribution in [3.05, 3.63) is 50.3 Å². The van der Waals surface area contributed by atoms with Crippen LogP contribution in [0.25, 0.3) is 11.4 Å². The van der Waals surface area contributed by atoms with Gasteiger partial charge in [-0.3, -0.25) is 4.79 Å². The van der Waals surface area contributed by atoms with Gasteiger partial charge < -0.3 is 4.98 Å². The summed E-state index contributed by atoms with van der Waals surface area (Å²) >= 11 is 3.19. The largest absolute Gasteiger partial charge is 0.306 e. The van der Waals surface area contributed by atoms with Gasteiger partial charge in [-0.2, -0.15) is 0 Å². The Morgan fingerprint density at radius 1 is 1.19 bits per heavy atom. The van der Waals surface area contributed by atoms with Crippen LogP contribution in [-0.4, -0.2) is 9.97 Å². The number of H-pyrrole nitrogens is 1. The number of rotatable bonds is 1. The molecule has 82 valence electrons. The molecule has 0 atom stereocenters. The summed E-state index contributed by atoms with van der Waals surface area (Å²) in [5, 5.41) is 0. The molecule has 0 spiro atoms. The first-order valence-electron chi connectivity index (χ1n) is 4.91. The lowest BCUT2D eigenvalue weighted by molar-refractivity contribution is 1.05. The average molecular weight is 279 g/mol. The van der Waals surface area contributed by atoms with Gasteiger partial charge in [0.2, 0.25) is 0 Å². The minimum atomic E-state index is -0.150. The van der Waals surface area contributed by atoms with E-state index in [0.29, 0.717) is 16.0 Å². The Hall–Kier alpha value is -1.42. The summed E-state index contributed by atoms with van der Waals surface area (Å²) in [6.07, 6.45) is 0. The van der Waals surface area contributed by atoms with E-state index in [2.05, 4.69) is 25.9 Å². The zero-order valence-corrected chi connectivity index (χ0v) is 10.6. The van der Waals surface area contributed by atoms with Gasteiger partial charge in [-0.15, -0.1) is 0 Å². The summed E-state index contributed by atoms with van der Waals surface area (Å²) < 4.78 is 0.489. The SMILES string of the molecule is Cc1ccc(-c2nc(C)c(Br)c(=O)[nH]2)cc1. The Balaban J connectivity index is 2.57. The highest BCUT2D eigenvalue weighted by atomic mass is 79.9. The number of halogens is 1. The molecule has 0 aliphatic rings. The Morgan fingerprint density at radius 3 is 2.38 bits per heavy atom. The third kappa shape index (κ3) is 2.07. The van der Waals surface area contributed by atoms with Crippen LogP contribution in [0.15, 0.2) is 33.5 Å². The molecule has 16 heavy (non-hydrogen) atoms. The molecule has 0 saturated carbocycles. The topological polar surface area (TPSA) is 45.8 Å². The van der Waals surface area contributed by atoms with E-state index in [1.807, 2.05) is 31.2 Å². The lowest BCUT2D eigenvalue weighted by atomic mass is 10.1. The number of aryl methyl sites for hydroxylation is 2. The van der Waals surface area contributed by atoms with Gasteiger partial charge in [-0.1, -0.05) is 29.8 Å². The number of nitrogens with one attached hydrogen (secondary N) is 1. The molecule has 0 aliphatic heterocycles. The van der Waals surface area contributed by atoms with Gasteiger partial charge in [-0.05, 0) is 29.8 Å². The summed E-state index contributed by atoms with van der Waals surface area (Å²) in [7, 11) is 0. The van der Waals surface area contributed by atoms with Crippen LogP contribution in [0.3, 0.4) is 0 Å². The monoisotopic (exact) mass is 278 g/mol. The van der Waals surface area contributed by atoms with Crippen LogP contribution in [0.4, 0.5) is 0 Å². The van der Waals surface area contributed by atoms with Crippen LogP contribution < -0.4 is 5.56 Å². The van der Waals surface area contributed by atoms with Crippen molar-refractivity contribution in [2.75, 3.05) is 0 Å². The first-order chi connectivity index (χ1) is 7.58. The number of benzene rings is 1. The van der Waals surface area contributed by atoms with Crippen molar-refractivity contribution in [2.24, 2.45) is 0 Å². The van der Waals surface area contributed by atoms with Crippen LogP contribution in [0, 0.1) is 13.8 Å². The van der Waals surface area contributed by atoms with Crippen molar-refractivity contribution in [3.8, 4) is 11.4 Å². The predicted molar refractivity (Wildman–Crippen MR) is 67.5 cm³/mol. The van der Waals surface area contributed by atoms with E-state index >= 15 is 0 Å². The smallest absolute Gasteiger partial charge is 0.265 e. The molecule has 0 unspecified atom stereocenters. The molecule has 2 aromatic rings.